The molecule has 0 fully saturated rings. The normalized spacial score (nSPS) is 11.1. The van der Waals surface area contributed by atoms with E-state index in [2.05, 4.69) is 10.0 Å². The zero-order chi connectivity index (χ0) is 22.6. The van der Waals surface area contributed by atoms with Crippen LogP contribution in [0.5, 0.6) is 5.75 Å². The average Bonchev–Trinajstić information content (AvgIpc) is 2.75. The molecule has 9 heteroatoms. The van der Waals surface area contributed by atoms with Crippen molar-refractivity contribution in [2.75, 3.05) is 23.4 Å². The Bertz CT molecular complexity index is 1210. The summed E-state index contributed by atoms with van der Waals surface area (Å²) in [6.45, 7) is 1.69. The third-order valence-electron chi connectivity index (χ3n) is 4.50. The van der Waals surface area contributed by atoms with Crippen LogP contribution >= 0.6 is 23.4 Å². The summed E-state index contributed by atoms with van der Waals surface area (Å²) in [4.78, 5) is 13.7. The van der Waals surface area contributed by atoms with Gasteiger partial charge in [-0.15, -0.1) is 11.8 Å². The van der Waals surface area contributed by atoms with Crippen LogP contribution < -0.4 is 14.8 Å². The third-order valence-corrected chi connectivity index (χ3v) is 7.07. The second-order valence-electron chi connectivity index (χ2n) is 6.61. The molecule has 31 heavy (non-hydrogen) atoms. The van der Waals surface area contributed by atoms with Gasteiger partial charge in [0.05, 0.1) is 22.6 Å². The first kappa shape index (κ1) is 23.0. The first-order chi connectivity index (χ1) is 14.7. The maximum absolute atomic E-state index is 12.9. The number of nitrogens with one attached hydrogen (secondary N) is 2. The van der Waals surface area contributed by atoms with Gasteiger partial charge in [-0.25, -0.2) is 8.42 Å². The van der Waals surface area contributed by atoms with E-state index in [0.29, 0.717) is 33.3 Å². The summed E-state index contributed by atoms with van der Waals surface area (Å²) in [5.41, 5.74) is 1.60. The highest BCUT2D eigenvalue weighted by Crippen LogP contribution is 2.26. The molecular weight excluding hydrogens is 456 g/mol. The molecule has 0 aromatic heterocycles. The number of methoxy groups -OCH3 is 1. The molecular formula is C22H21ClN2O4S2. The fourth-order valence-electron chi connectivity index (χ4n) is 2.84. The van der Waals surface area contributed by atoms with E-state index in [9.17, 15) is 13.2 Å². The highest BCUT2D eigenvalue weighted by atomic mass is 35.5. The van der Waals surface area contributed by atoms with E-state index >= 15 is 0 Å². The third kappa shape index (κ3) is 5.52. The number of thioether (sulfide) groups is 1. The maximum Gasteiger partial charge on any atom is 0.262 e. The summed E-state index contributed by atoms with van der Waals surface area (Å²) in [7, 11) is -2.34. The molecule has 0 atom stereocenters. The maximum atomic E-state index is 12.9. The largest absolute Gasteiger partial charge is 0.497 e. The van der Waals surface area contributed by atoms with Crippen LogP contribution in [-0.4, -0.2) is 27.7 Å². The number of amides is 1. The molecule has 0 spiro atoms. The summed E-state index contributed by atoms with van der Waals surface area (Å²) >= 11 is 7.66. The summed E-state index contributed by atoms with van der Waals surface area (Å²) in [5, 5.41) is 3.04. The number of hydrogen-bond acceptors (Lipinski definition) is 5. The molecule has 0 aliphatic heterocycles. The monoisotopic (exact) mass is 476 g/mol. The molecule has 0 bridgehead atoms. The molecule has 0 unspecified atom stereocenters. The minimum absolute atomic E-state index is 0.0603. The van der Waals surface area contributed by atoms with Crippen molar-refractivity contribution in [3.05, 3.63) is 76.8 Å². The zero-order valence-corrected chi connectivity index (χ0v) is 19.5. The summed E-state index contributed by atoms with van der Waals surface area (Å²) in [6.07, 6.45) is 1.90. The quantitative estimate of drug-likeness (QED) is 0.444. The molecule has 2 N–H and O–H groups in total. The summed E-state index contributed by atoms with van der Waals surface area (Å²) in [6, 6.07) is 16.4. The number of aryl methyl sites for hydroxylation is 1. The Morgan fingerprint density at radius 1 is 1.00 bits per heavy atom. The van der Waals surface area contributed by atoms with Gasteiger partial charge in [0, 0.05) is 16.3 Å². The van der Waals surface area contributed by atoms with Gasteiger partial charge >= 0.3 is 0 Å². The van der Waals surface area contributed by atoms with Crippen molar-refractivity contribution >= 4 is 50.7 Å². The molecule has 0 saturated carbocycles. The second-order valence-corrected chi connectivity index (χ2v) is 9.55. The minimum atomic E-state index is -3.88. The van der Waals surface area contributed by atoms with Crippen LogP contribution in [0.4, 0.5) is 11.4 Å². The molecule has 0 radical (unpaired) electrons. The Balaban J connectivity index is 1.86. The van der Waals surface area contributed by atoms with E-state index in [1.807, 2.05) is 12.3 Å². The van der Waals surface area contributed by atoms with Gasteiger partial charge in [0.1, 0.15) is 5.75 Å². The first-order valence-electron chi connectivity index (χ1n) is 9.16. The highest BCUT2D eigenvalue weighted by Gasteiger charge is 2.19. The van der Waals surface area contributed by atoms with Gasteiger partial charge in [-0.3, -0.25) is 9.52 Å². The van der Waals surface area contributed by atoms with Crippen molar-refractivity contribution in [3.8, 4) is 5.75 Å². The van der Waals surface area contributed by atoms with E-state index in [1.165, 1.54) is 24.9 Å². The minimum Gasteiger partial charge on any atom is -0.497 e. The summed E-state index contributed by atoms with van der Waals surface area (Å²) in [5.74, 6) is 0.198. The Hall–Kier alpha value is -2.68. The van der Waals surface area contributed by atoms with Crippen LogP contribution in [0.3, 0.4) is 0 Å². The average molecular weight is 477 g/mol. The number of halogens is 1. The smallest absolute Gasteiger partial charge is 0.262 e. The molecule has 0 aliphatic carbocycles. The lowest BCUT2D eigenvalue weighted by Gasteiger charge is -2.13. The number of ether oxygens (including phenoxy) is 1. The lowest BCUT2D eigenvalue weighted by molar-refractivity contribution is 0.102. The lowest BCUT2D eigenvalue weighted by Crippen LogP contribution is -2.16. The van der Waals surface area contributed by atoms with Crippen molar-refractivity contribution in [2.24, 2.45) is 0 Å². The van der Waals surface area contributed by atoms with E-state index < -0.39 is 15.9 Å². The fourth-order valence-corrected chi connectivity index (χ4v) is 4.81. The van der Waals surface area contributed by atoms with Gasteiger partial charge in [-0.1, -0.05) is 17.7 Å². The number of rotatable bonds is 7. The van der Waals surface area contributed by atoms with E-state index in [-0.39, 0.29) is 4.90 Å². The number of hydrogen-bond donors (Lipinski definition) is 2. The molecule has 0 heterocycles. The van der Waals surface area contributed by atoms with Gasteiger partial charge in [0.25, 0.3) is 15.9 Å². The molecule has 162 valence electrons. The molecule has 3 aromatic carbocycles. The predicted octanol–water partition coefficient (Wildman–Crippen LogP) is 5.43. The Kier molecular flexibility index (Phi) is 7.15. The van der Waals surface area contributed by atoms with Gasteiger partial charge in [-0.05, 0) is 73.3 Å². The fraction of sp³-hybridized carbons (Fsp3) is 0.136. The second kappa shape index (κ2) is 9.64. The topological polar surface area (TPSA) is 84.5 Å². The highest BCUT2D eigenvalue weighted by molar-refractivity contribution is 7.98. The van der Waals surface area contributed by atoms with E-state index in [0.717, 1.165) is 4.90 Å². The zero-order valence-electron chi connectivity index (χ0n) is 17.1. The van der Waals surface area contributed by atoms with Crippen molar-refractivity contribution in [2.45, 2.75) is 16.7 Å². The SMILES string of the molecule is COc1ccc(NS(=O)(=O)c2cc(NC(=O)c3cc(SC)ccc3Cl)ccc2C)cc1. The standard InChI is InChI=1S/C22H21ClN2O4S2/c1-14-4-5-16(24-22(26)19-13-18(30-3)10-11-20(19)23)12-21(14)31(27,28)25-15-6-8-17(29-2)9-7-15/h4-13,25H,1-3H3,(H,24,26). The van der Waals surface area contributed by atoms with Gasteiger partial charge in [0.15, 0.2) is 0 Å². The van der Waals surface area contributed by atoms with Crippen molar-refractivity contribution < 1.29 is 17.9 Å². The molecule has 3 aromatic rings. The van der Waals surface area contributed by atoms with Crippen LogP contribution in [0, 0.1) is 6.92 Å². The van der Waals surface area contributed by atoms with Crippen LogP contribution in [0.25, 0.3) is 0 Å². The lowest BCUT2D eigenvalue weighted by atomic mass is 10.2. The number of sulfonamides is 1. The van der Waals surface area contributed by atoms with Crippen molar-refractivity contribution in [3.63, 3.8) is 0 Å². The molecule has 0 saturated heterocycles. The number of carbonyl (C=O) groups excluding carboxylic acids is 1. The summed E-state index contributed by atoms with van der Waals surface area (Å²) < 4.78 is 33.5. The number of anilines is 2. The number of carbonyl (C=O) groups is 1. The number of benzene rings is 3. The van der Waals surface area contributed by atoms with Crippen LogP contribution in [0.2, 0.25) is 5.02 Å². The Morgan fingerprint density at radius 3 is 2.32 bits per heavy atom. The Morgan fingerprint density at radius 2 is 1.68 bits per heavy atom. The van der Waals surface area contributed by atoms with Crippen molar-refractivity contribution in [1.29, 1.82) is 0 Å². The van der Waals surface area contributed by atoms with Gasteiger partial charge in [-0.2, -0.15) is 0 Å². The van der Waals surface area contributed by atoms with Crippen LogP contribution in [-0.2, 0) is 10.0 Å². The van der Waals surface area contributed by atoms with E-state index in [1.54, 1.807) is 55.5 Å². The molecule has 3 rings (SSSR count). The predicted molar refractivity (Wildman–Crippen MR) is 126 cm³/mol. The van der Waals surface area contributed by atoms with Gasteiger partial charge < -0.3 is 10.1 Å². The van der Waals surface area contributed by atoms with E-state index in [4.69, 9.17) is 16.3 Å². The van der Waals surface area contributed by atoms with Gasteiger partial charge in [0.2, 0.25) is 0 Å². The Labute approximate surface area is 191 Å². The van der Waals surface area contributed by atoms with Crippen LogP contribution in [0.1, 0.15) is 15.9 Å². The molecule has 0 aliphatic rings. The van der Waals surface area contributed by atoms with Crippen LogP contribution in [0.15, 0.2) is 70.5 Å². The molecule has 1 amide bonds. The first-order valence-corrected chi connectivity index (χ1v) is 12.2. The molecule has 6 nitrogen and oxygen atoms in total. The van der Waals surface area contributed by atoms with Crippen molar-refractivity contribution in [1.82, 2.24) is 0 Å².